The number of nitrogen functional groups attached to an aromatic ring is 1. The van der Waals surface area contributed by atoms with Gasteiger partial charge in [-0.2, -0.15) is 4.98 Å². The van der Waals surface area contributed by atoms with E-state index in [1.54, 1.807) is 24.3 Å². The Morgan fingerprint density at radius 3 is 2.61 bits per heavy atom. The first kappa shape index (κ1) is 15.0. The predicted octanol–water partition coefficient (Wildman–Crippen LogP) is 1.72. The van der Waals surface area contributed by atoms with Gasteiger partial charge >= 0.3 is 0 Å². The lowest BCUT2D eigenvalue weighted by molar-refractivity contribution is -0.141. The lowest BCUT2D eigenvalue weighted by Crippen LogP contribution is -2.54. The first-order valence-corrected chi connectivity index (χ1v) is 10.1. The molecule has 33 heavy (non-hydrogen) atoms. The van der Waals surface area contributed by atoms with Gasteiger partial charge in [-0.1, -0.05) is 12.1 Å². The third-order valence-corrected chi connectivity index (χ3v) is 5.30. The van der Waals surface area contributed by atoms with E-state index in [0.29, 0.717) is 23.0 Å². The Labute approximate surface area is 199 Å². The molecule has 10 nitrogen and oxygen atoms in total. The van der Waals surface area contributed by atoms with Crippen molar-refractivity contribution in [2.24, 2.45) is 0 Å². The van der Waals surface area contributed by atoms with Crippen LogP contribution in [-0.4, -0.2) is 73.8 Å². The van der Waals surface area contributed by atoms with Crippen molar-refractivity contribution in [3.8, 4) is 23.0 Å². The minimum Gasteiger partial charge on any atom is -0.493 e. The van der Waals surface area contributed by atoms with Gasteiger partial charge in [0.25, 0.3) is 5.91 Å². The molecule has 0 spiro atoms. The van der Waals surface area contributed by atoms with Gasteiger partial charge in [0.1, 0.15) is 12.4 Å². The van der Waals surface area contributed by atoms with Crippen molar-refractivity contribution < 1.29 is 32.0 Å². The van der Waals surface area contributed by atoms with Crippen LogP contribution in [0.3, 0.4) is 0 Å². The molecule has 172 valence electrons. The highest BCUT2D eigenvalue weighted by Crippen LogP contribution is 2.34. The van der Waals surface area contributed by atoms with E-state index >= 15 is 0 Å². The van der Waals surface area contributed by atoms with Crippen molar-refractivity contribution in [2.45, 2.75) is 6.10 Å². The molecule has 2 aliphatic heterocycles. The average molecular weight is 458 g/mol. The van der Waals surface area contributed by atoms with E-state index in [9.17, 15) is 4.79 Å². The van der Waals surface area contributed by atoms with Crippen molar-refractivity contribution in [2.75, 3.05) is 57.5 Å². The number of carbonyl (C=O) groups excluding carboxylic acids is 1. The molecule has 1 atom stereocenters. The molecule has 10 heteroatoms. The third-order valence-electron chi connectivity index (χ3n) is 5.30. The molecule has 3 heterocycles. The van der Waals surface area contributed by atoms with E-state index in [-0.39, 0.29) is 29.0 Å². The second kappa shape index (κ2) is 8.53. The maximum Gasteiger partial charge on any atom is 0.267 e. The van der Waals surface area contributed by atoms with E-state index < -0.39 is 44.0 Å². The van der Waals surface area contributed by atoms with Gasteiger partial charge in [-0.05, 0) is 18.2 Å². The number of nitrogens with zero attached hydrogens (tertiary/aromatic N) is 4. The number of rotatable bonds is 5. The second-order valence-electron chi connectivity index (χ2n) is 7.28. The van der Waals surface area contributed by atoms with Crippen LogP contribution in [0.2, 0.25) is 2.82 Å². The van der Waals surface area contributed by atoms with Gasteiger partial charge in [0.05, 0.1) is 25.2 Å². The Balaban J connectivity index is 1.49. The standard InChI is InChI=1S/C23H25N5O5/c1-30-18-11-14-15(12-19(18)31-2)25-23(26-21(14)24)28-9-7-27(8-10-28)22(29)20-13-32-16-5-3-4-6-17(16)33-20/h3-6,11-12,20H,7-10,13H2,1-2H3,(H2,24,25,26)/i9D2,10D2/hD2. The number of aromatic nitrogens is 2. The van der Waals surface area contributed by atoms with Gasteiger partial charge in [0.2, 0.25) is 12.1 Å². The van der Waals surface area contributed by atoms with Crippen molar-refractivity contribution in [1.82, 2.24) is 14.9 Å². The van der Waals surface area contributed by atoms with Crippen LogP contribution in [0.15, 0.2) is 36.4 Å². The molecule has 1 fully saturated rings. The molecule has 1 amide bonds. The fraction of sp³-hybridized carbons (Fsp3) is 0.348. The lowest BCUT2D eigenvalue weighted by atomic mass is 10.2. The number of para-hydroxylation sites is 2. The minimum atomic E-state index is -2.48. The van der Waals surface area contributed by atoms with Crippen LogP contribution in [0.25, 0.3) is 10.9 Å². The number of fused-ring (bicyclic) bond motifs is 2. The molecule has 3 aromatic rings. The molecule has 2 N–H and O–H groups in total. The number of amides is 1. The van der Waals surface area contributed by atoms with Crippen LogP contribution >= 0.6 is 0 Å². The largest absolute Gasteiger partial charge is 0.493 e. The molecule has 1 unspecified atom stereocenters. The number of hydrogen-bond acceptors (Lipinski definition) is 9. The van der Waals surface area contributed by atoms with E-state index in [0.717, 1.165) is 9.80 Å². The number of anilines is 2. The molecule has 2 aromatic carbocycles. The van der Waals surface area contributed by atoms with Gasteiger partial charge in [-0.3, -0.25) is 4.79 Å². The van der Waals surface area contributed by atoms with Crippen LogP contribution in [0.5, 0.6) is 23.0 Å². The number of nitrogens with two attached hydrogens (primary N) is 1. The Kier molecular flexibility index (Phi) is 3.87. The number of benzene rings is 2. The quantitative estimate of drug-likeness (QED) is 0.612. The smallest absolute Gasteiger partial charge is 0.267 e. The molecule has 5 rings (SSSR count). The zero-order valence-corrected chi connectivity index (χ0v) is 17.9. The fourth-order valence-corrected chi connectivity index (χ4v) is 3.59. The zero-order valence-electron chi connectivity index (χ0n) is 23.9. The molecular formula is C23H25N5O5. The Morgan fingerprint density at radius 2 is 1.88 bits per heavy atom. The Hall–Kier alpha value is -3.95. The topological polar surface area (TPSA) is 112 Å². The van der Waals surface area contributed by atoms with Crippen molar-refractivity contribution in [3.05, 3.63) is 36.4 Å². The van der Waals surface area contributed by atoms with Crippen LogP contribution in [0, 0.1) is 0 Å². The SMILES string of the molecule is [2H]N([2H])c1nc(N2C([2H])([2H])CN(C(=O)C3COc4ccccc4O3)CC2([2H])[2H])nc2cc(OC)c(OC)cc12. The minimum absolute atomic E-state index is 0.104. The predicted molar refractivity (Wildman–Crippen MR) is 122 cm³/mol. The lowest BCUT2D eigenvalue weighted by Gasteiger charge is -2.37. The second-order valence-corrected chi connectivity index (χ2v) is 7.28. The highest BCUT2D eigenvalue weighted by atomic mass is 16.6. The van der Waals surface area contributed by atoms with Crippen LogP contribution in [0.1, 0.15) is 5.48 Å². The fourth-order valence-electron chi connectivity index (χ4n) is 3.59. The van der Waals surface area contributed by atoms with Gasteiger partial charge < -0.3 is 34.5 Å². The zero-order chi connectivity index (χ0) is 28.1. The average Bonchev–Trinajstić information content (AvgIpc) is 2.89. The maximum atomic E-state index is 13.3. The summed E-state index contributed by atoms with van der Waals surface area (Å²) in [6, 6.07) is 9.78. The summed E-state index contributed by atoms with van der Waals surface area (Å²) in [5, 5.41) is 0.242. The normalized spacial score (nSPS) is 23.3. The maximum absolute atomic E-state index is 13.3. The van der Waals surface area contributed by atoms with Crippen LogP contribution < -0.4 is 29.6 Å². The molecule has 0 aliphatic carbocycles. The van der Waals surface area contributed by atoms with Gasteiger partial charge in [-0.25, -0.2) is 4.98 Å². The number of ether oxygens (including phenoxy) is 4. The monoisotopic (exact) mass is 457 g/mol. The van der Waals surface area contributed by atoms with Crippen molar-refractivity contribution >= 4 is 28.6 Å². The number of methoxy groups -OCH3 is 2. The summed E-state index contributed by atoms with van der Waals surface area (Å²) in [6.45, 7) is -6.13. The number of hydrogen-bond donors (Lipinski definition) is 1. The summed E-state index contributed by atoms with van der Waals surface area (Å²) in [7, 11) is 2.84. The first-order valence-electron chi connectivity index (χ1n) is 13.0. The molecule has 0 radical (unpaired) electrons. The highest BCUT2D eigenvalue weighted by Gasteiger charge is 2.33. The van der Waals surface area contributed by atoms with Gasteiger partial charge in [-0.15, -0.1) is 0 Å². The van der Waals surface area contributed by atoms with Gasteiger partial charge in [0.15, 0.2) is 25.8 Å². The van der Waals surface area contributed by atoms with Gasteiger partial charge in [0, 0.05) is 37.5 Å². The summed E-state index contributed by atoms with van der Waals surface area (Å²) in [5.74, 6) is 0.186. The number of piperazine rings is 1. The van der Waals surface area contributed by atoms with E-state index in [1.165, 1.54) is 26.4 Å². The molecule has 1 aromatic heterocycles. The summed E-state index contributed by atoms with van der Waals surface area (Å²) in [6.07, 6.45) is -1.08. The first-order chi connectivity index (χ1) is 18.4. The van der Waals surface area contributed by atoms with Crippen molar-refractivity contribution in [1.29, 1.82) is 0 Å². The van der Waals surface area contributed by atoms with E-state index in [4.69, 9.17) is 27.3 Å². The summed E-state index contributed by atoms with van der Waals surface area (Å²) >= 11 is 0. The summed E-state index contributed by atoms with van der Waals surface area (Å²) in [4.78, 5) is 23.6. The molecular weight excluding hydrogens is 426 g/mol. The molecule has 2 aliphatic rings. The van der Waals surface area contributed by atoms with Crippen molar-refractivity contribution in [3.63, 3.8) is 0 Å². The summed E-state index contributed by atoms with van der Waals surface area (Å²) in [5.41, 5.74) is 0.400. The van der Waals surface area contributed by atoms with E-state index in [1.807, 2.05) is 0 Å². The Bertz CT molecular complexity index is 1410. The van der Waals surface area contributed by atoms with E-state index in [2.05, 4.69) is 9.97 Å². The Morgan fingerprint density at radius 1 is 1.15 bits per heavy atom. The number of carbonyl (C=O) groups is 1. The van der Waals surface area contributed by atoms with Crippen LogP contribution in [0.4, 0.5) is 11.8 Å². The third kappa shape index (κ3) is 3.88. The molecule has 1 saturated heterocycles. The molecule has 0 bridgehead atoms. The molecule has 0 saturated carbocycles. The summed E-state index contributed by atoms with van der Waals surface area (Å²) < 4.78 is 72.5. The van der Waals surface area contributed by atoms with Crippen LogP contribution in [-0.2, 0) is 4.79 Å². The highest BCUT2D eigenvalue weighted by molar-refractivity contribution is 5.91.